The van der Waals surface area contributed by atoms with Crippen LogP contribution in [0.15, 0.2) is 35.2 Å². The van der Waals surface area contributed by atoms with E-state index in [0.717, 1.165) is 42.0 Å². The maximum Gasteiger partial charge on any atom is 1.00 e. The van der Waals surface area contributed by atoms with Crippen LogP contribution < -0.4 is 51.4 Å². The van der Waals surface area contributed by atoms with E-state index in [4.69, 9.17) is 0 Å². The van der Waals surface area contributed by atoms with E-state index in [-0.39, 0.29) is 56.3 Å². The van der Waals surface area contributed by atoms with Crippen LogP contribution in [-0.2, 0) is 23.0 Å². The summed E-state index contributed by atoms with van der Waals surface area (Å²) in [6, 6.07) is 9.67. The molecule has 2 aromatic carbocycles. The normalized spacial score (nSPS) is 11.7. The predicted octanol–water partition coefficient (Wildman–Crippen LogP) is 9.24. The zero-order valence-electron chi connectivity index (χ0n) is 28.4. The van der Waals surface area contributed by atoms with Crippen molar-refractivity contribution in [3.05, 3.63) is 41.5 Å². The monoisotopic (exact) mass is 638 g/mol. The molecule has 0 aliphatic carbocycles. The Kier molecular flexibility index (Phi) is 25.3. The van der Waals surface area contributed by atoms with Crippen molar-refractivity contribution in [1.29, 1.82) is 0 Å². The Morgan fingerprint density at radius 1 is 0.512 bits per heavy atom. The first-order chi connectivity index (χ1) is 20.5. The molecule has 0 aliphatic rings. The van der Waals surface area contributed by atoms with Crippen molar-refractivity contribution < 1.29 is 64.4 Å². The van der Waals surface area contributed by atoms with Crippen molar-refractivity contribution >= 4 is 20.9 Å². The summed E-state index contributed by atoms with van der Waals surface area (Å²) in [6.45, 7) is 4.54. The minimum Gasteiger partial charge on any atom is -0.744 e. The van der Waals surface area contributed by atoms with E-state index in [0.29, 0.717) is 6.42 Å². The smallest absolute Gasteiger partial charge is 0.744 e. The first-order valence-electron chi connectivity index (χ1n) is 18.0. The fourth-order valence-corrected chi connectivity index (χ4v) is 7.25. The molecule has 0 fully saturated rings. The largest absolute Gasteiger partial charge is 1.00 e. The Bertz CT molecular complexity index is 1070. The number of fused-ring (bicyclic) bond motifs is 1. The third-order valence-electron chi connectivity index (χ3n) is 9.05. The molecule has 3 nitrogen and oxygen atoms in total. The van der Waals surface area contributed by atoms with Gasteiger partial charge < -0.3 is 4.55 Å². The Morgan fingerprint density at radius 3 is 1.33 bits per heavy atom. The summed E-state index contributed by atoms with van der Waals surface area (Å²) in [6.07, 6.45) is 32.7. The number of hydrogen-bond acceptors (Lipinski definition) is 3. The van der Waals surface area contributed by atoms with E-state index in [1.807, 2.05) is 6.07 Å². The van der Waals surface area contributed by atoms with Gasteiger partial charge in [0.15, 0.2) is 0 Å². The van der Waals surface area contributed by atoms with Crippen LogP contribution in [0, 0.1) is 0 Å². The van der Waals surface area contributed by atoms with E-state index in [2.05, 4.69) is 32.0 Å². The van der Waals surface area contributed by atoms with Gasteiger partial charge in [-0.1, -0.05) is 179 Å². The van der Waals surface area contributed by atoms with Crippen LogP contribution in [0.4, 0.5) is 0 Å². The summed E-state index contributed by atoms with van der Waals surface area (Å²) in [5.74, 6) is 0. The van der Waals surface area contributed by atoms with E-state index in [9.17, 15) is 13.0 Å². The molecule has 0 spiro atoms. The van der Waals surface area contributed by atoms with Crippen molar-refractivity contribution in [2.24, 2.45) is 0 Å². The van der Waals surface area contributed by atoms with Crippen LogP contribution in [0.5, 0.6) is 0 Å². The topological polar surface area (TPSA) is 57.2 Å². The summed E-state index contributed by atoms with van der Waals surface area (Å²) < 4.78 is 36.7. The quantitative estimate of drug-likeness (QED) is 0.0557. The van der Waals surface area contributed by atoms with Crippen molar-refractivity contribution in [3.8, 4) is 0 Å². The van der Waals surface area contributed by atoms with Crippen LogP contribution >= 0.6 is 0 Å². The Balaban J connectivity index is 0.00000924. The van der Waals surface area contributed by atoms with Crippen LogP contribution in [0.25, 0.3) is 10.8 Å². The molecule has 0 N–H and O–H groups in total. The van der Waals surface area contributed by atoms with Gasteiger partial charge in [-0.25, -0.2) is 8.42 Å². The van der Waals surface area contributed by atoms with Crippen LogP contribution in [0.3, 0.4) is 0 Å². The molecule has 0 bridgehead atoms. The summed E-state index contributed by atoms with van der Waals surface area (Å²) >= 11 is 0. The van der Waals surface area contributed by atoms with E-state index < -0.39 is 10.1 Å². The van der Waals surface area contributed by atoms with Gasteiger partial charge in [0.05, 0.1) is 4.90 Å². The average Bonchev–Trinajstić information content (AvgIpc) is 2.97. The molecular weight excluding hydrogens is 576 g/mol. The minimum absolute atomic E-state index is 0. The predicted molar refractivity (Wildman–Crippen MR) is 181 cm³/mol. The van der Waals surface area contributed by atoms with Gasteiger partial charge in [-0.15, -0.1) is 0 Å². The average molecular weight is 639 g/mol. The molecule has 0 unspecified atom stereocenters. The number of unbranched alkanes of at least 4 members (excludes halogenated alkanes) is 22. The summed E-state index contributed by atoms with van der Waals surface area (Å²) in [4.78, 5) is 0.000201. The van der Waals surface area contributed by atoms with Gasteiger partial charge in [-0.2, -0.15) is 0 Å². The SMILES string of the molecule is CCCCCCCCCCCCCCc1cccc2ccc(S(=O)(=O)[O-])c(CCCCCCCCCCCCCC)c12.[K+]. The summed E-state index contributed by atoms with van der Waals surface area (Å²) in [7, 11) is -4.51. The fraction of sp³-hybridized carbons (Fsp3) is 0.737. The number of hydrogen-bond donors (Lipinski definition) is 0. The number of benzene rings is 2. The van der Waals surface area contributed by atoms with Gasteiger partial charge in [-0.3, -0.25) is 0 Å². The van der Waals surface area contributed by atoms with E-state index in [1.54, 1.807) is 6.07 Å². The first-order valence-corrected chi connectivity index (χ1v) is 19.4. The fourth-order valence-electron chi connectivity index (χ4n) is 6.51. The van der Waals surface area contributed by atoms with Gasteiger partial charge in [-0.05, 0) is 53.6 Å². The second-order valence-electron chi connectivity index (χ2n) is 12.8. The summed E-state index contributed by atoms with van der Waals surface area (Å²) in [5.41, 5.74) is 1.98. The zero-order chi connectivity index (χ0) is 30.3. The molecule has 0 atom stereocenters. The molecular formula is C38H63KO3S. The Morgan fingerprint density at radius 2 is 0.907 bits per heavy atom. The minimum atomic E-state index is -4.51. The Labute approximate surface area is 309 Å². The standard InChI is InChI=1S/C38H64O3S.K/c1-3-5-7-9-11-13-15-17-19-21-23-25-28-34-29-27-30-35-32-33-37(42(39,40)41)36(38(34)35)31-26-24-22-20-18-16-14-12-10-8-6-4-2;/h27,29-30,32-33H,3-26,28,31H2,1-2H3,(H,39,40,41);/q;+1/p-1. The van der Waals surface area contributed by atoms with Gasteiger partial charge in [0.25, 0.3) is 0 Å². The zero-order valence-corrected chi connectivity index (χ0v) is 32.3. The summed E-state index contributed by atoms with van der Waals surface area (Å²) in [5, 5.41) is 2.09. The van der Waals surface area contributed by atoms with E-state index >= 15 is 0 Å². The van der Waals surface area contributed by atoms with Gasteiger partial charge >= 0.3 is 51.4 Å². The maximum absolute atomic E-state index is 12.2. The van der Waals surface area contributed by atoms with Crippen LogP contribution in [-0.4, -0.2) is 13.0 Å². The van der Waals surface area contributed by atoms with Crippen molar-refractivity contribution in [1.82, 2.24) is 0 Å². The molecule has 0 aliphatic heterocycles. The third-order valence-corrected chi connectivity index (χ3v) is 9.97. The molecule has 240 valence electrons. The van der Waals surface area contributed by atoms with Crippen LogP contribution in [0.2, 0.25) is 0 Å². The molecule has 0 saturated heterocycles. The third kappa shape index (κ3) is 18.2. The first kappa shape index (κ1) is 41.3. The second-order valence-corrected chi connectivity index (χ2v) is 14.1. The molecule has 5 heteroatoms. The van der Waals surface area contributed by atoms with Crippen LogP contribution in [0.1, 0.15) is 179 Å². The van der Waals surface area contributed by atoms with Crippen molar-refractivity contribution in [2.75, 3.05) is 0 Å². The molecule has 2 rings (SSSR count). The van der Waals surface area contributed by atoms with Crippen molar-refractivity contribution in [2.45, 2.75) is 186 Å². The van der Waals surface area contributed by atoms with Gasteiger partial charge in [0, 0.05) is 0 Å². The molecule has 0 heterocycles. The molecule has 2 aromatic rings. The Hall–Kier alpha value is 0.246. The van der Waals surface area contributed by atoms with Gasteiger partial charge in [0.1, 0.15) is 10.1 Å². The number of aryl methyl sites for hydroxylation is 2. The number of rotatable bonds is 27. The molecule has 0 aromatic heterocycles. The molecule has 0 saturated carbocycles. The maximum atomic E-state index is 12.2. The molecule has 43 heavy (non-hydrogen) atoms. The molecule has 0 radical (unpaired) electrons. The van der Waals surface area contributed by atoms with Crippen molar-refractivity contribution in [3.63, 3.8) is 0 Å². The second kappa shape index (κ2) is 26.3. The van der Waals surface area contributed by atoms with E-state index in [1.165, 1.54) is 140 Å². The van der Waals surface area contributed by atoms with Gasteiger partial charge in [0.2, 0.25) is 0 Å². The molecule has 0 amide bonds.